The number of nitrogens with zero attached hydrogens (tertiary/aromatic N) is 1. The van der Waals surface area contributed by atoms with Crippen LogP contribution in [-0.2, 0) is 10.2 Å². The third-order valence-corrected chi connectivity index (χ3v) is 8.97. The number of para-hydroxylation sites is 2. The quantitative estimate of drug-likeness (QED) is 0.203. The summed E-state index contributed by atoms with van der Waals surface area (Å²) < 4.78 is 5.93. The highest BCUT2D eigenvalue weighted by atomic mass is 16.5. The molecule has 1 amide bonds. The Hall–Kier alpha value is -5.23. The van der Waals surface area contributed by atoms with E-state index in [1.165, 1.54) is 0 Å². The molecule has 4 atom stereocenters. The molecule has 0 radical (unpaired) electrons. The second-order valence-electron chi connectivity index (χ2n) is 11.3. The van der Waals surface area contributed by atoms with Gasteiger partial charge in [0.05, 0.1) is 17.5 Å². The lowest BCUT2D eigenvalue weighted by atomic mass is 9.62. The Morgan fingerprint density at radius 3 is 2.47 bits per heavy atom. The molecule has 212 valence electrons. The zero-order chi connectivity index (χ0) is 29.7. The van der Waals surface area contributed by atoms with E-state index in [2.05, 4.69) is 11.9 Å². The van der Waals surface area contributed by atoms with Crippen molar-refractivity contribution in [3.63, 3.8) is 0 Å². The van der Waals surface area contributed by atoms with E-state index in [0.29, 0.717) is 28.1 Å². The van der Waals surface area contributed by atoms with Gasteiger partial charge in [-0.3, -0.25) is 14.4 Å². The van der Waals surface area contributed by atoms with Gasteiger partial charge in [0.2, 0.25) is 5.91 Å². The van der Waals surface area contributed by atoms with Gasteiger partial charge >= 0.3 is 0 Å². The van der Waals surface area contributed by atoms with Crippen molar-refractivity contribution in [1.82, 2.24) is 4.90 Å². The van der Waals surface area contributed by atoms with Gasteiger partial charge < -0.3 is 15.0 Å². The van der Waals surface area contributed by atoms with Gasteiger partial charge in [0.1, 0.15) is 23.8 Å². The number of hydrogen-bond donors (Lipinski definition) is 1. The minimum Gasteiger partial charge on any atom is -0.489 e. The van der Waals surface area contributed by atoms with Crippen molar-refractivity contribution in [3.05, 3.63) is 149 Å². The van der Waals surface area contributed by atoms with Gasteiger partial charge in [-0.25, -0.2) is 0 Å². The molecule has 1 N–H and O–H groups in total. The summed E-state index contributed by atoms with van der Waals surface area (Å²) in [4.78, 5) is 46.3. The number of rotatable bonds is 7. The summed E-state index contributed by atoms with van der Waals surface area (Å²) in [5.74, 6) is -1.52. The maximum atomic E-state index is 15.1. The Morgan fingerprint density at radius 2 is 1.65 bits per heavy atom. The number of aryl methyl sites for hydroxylation is 1. The fraction of sp³-hybridized carbons (Fsp3) is 0.162. The van der Waals surface area contributed by atoms with Crippen LogP contribution < -0.4 is 10.1 Å². The highest BCUT2D eigenvalue weighted by Gasteiger charge is 2.70. The molecule has 0 saturated carbocycles. The Kier molecular flexibility index (Phi) is 6.35. The SMILES string of the molecule is C=CCOc1ccccc1C(=O)[C@H]1[C@H](C(=O)c2ccc(C)cc2)N2C=Cc3ccccc3[C@@H]2[C@@]12C(=O)Nc1ccccc12. The maximum Gasteiger partial charge on any atom is 0.238 e. The summed E-state index contributed by atoms with van der Waals surface area (Å²) in [6.45, 7) is 5.92. The van der Waals surface area contributed by atoms with Crippen LogP contribution in [0.2, 0.25) is 0 Å². The number of ether oxygens (including phenoxy) is 1. The maximum absolute atomic E-state index is 15.1. The van der Waals surface area contributed by atoms with Crippen molar-refractivity contribution in [2.45, 2.75) is 24.4 Å². The van der Waals surface area contributed by atoms with Crippen molar-refractivity contribution < 1.29 is 19.1 Å². The fourth-order valence-corrected chi connectivity index (χ4v) is 7.17. The second-order valence-corrected chi connectivity index (χ2v) is 11.3. The van der Waals surface area contributed by atoms with Crippen LogP contribution in [0.4, 0.5) is 5.69 Å². The molecule has 6 heteroatoms. The third-order valence-electron chi connectivity index (χ3n) is 8.97. The third kappa shape index (κ3) is 3.90. The standard InChI is InChI=1S/C37H30N2O4/c1-3-22-43-30-15-9-6-12-27(30)34(41)31-32(33(40)25-18-16-23(2)17-19-25)39-21-20-24-10-4-5-11-26(24)35(39)37(31)28-13-7-8-14-29(28)38-36(37)42/h3-21,31-32,35H,1,22H2,2H3,(H,38,42)/t31-,32-,35-,37+/m1/s1. The molecular formula is C37H30N2O4. The number of fused-ring (bicyclic) bond motifs is 6. The number of Topliss-reactive ketones (excluding diaryl/α,β-unsaturated/α-hetero) is 2. The molecule has 1 fully saturated rings. The summed E-state index contributed by atoms with van der Waals surface area (Å²) in [5, 5.41) is 3.09. The van der Waals surface area contributed by atoms with E-state index in [-0.39, 0.29) is 24.1 Å². The molecular weight excluding hydrogens is 536 g/mol. The summed E-state index contributed by atoms with van der Waals surface area (Å²) in [6.07, 6.45) is 5.46. The van der Waals surface area contributed by atoms with Crippen molar-refractivity contribution in [2.24, 2.45) is 5.92 Å². The van der Waals surface area contributed by atoms with Gasteiger partial charge in [-0.15, -0.1) is 0 Å². The van der Waals surface area contributed by atoms with Crippen LogP contribution in [0.15, 0.2) is 116 Å². The zero-order valence-corrected chi connectivity index (χ0v) is 23.7. The Morgan fingerprint density at radius 1 is 0.930 bits per heavy atom. The van der Waals surface area contributed by atoms with Gasteiger partial charge in [-0.05, 0) is 47.9 Å². The minimum absolute atomic E-state index is 0.208. The van der Waals surface area contributed by atoms with Crippen molar-refractivity contribution in [1.29, 1.82) is 0 Å². The van der Waals surface area contributed by atoms with Crippen molar-refractivity contribution >= 4 is 29.2 Å². The van der Waals surface area contributed by atoms with Crippen molar-refractivity contribution in [3.8, 4) is 5.75 Å². The van der Waals surface area contributed by atoms with Gasteiger partial charge in [0, 0.05) is 17.5 Å². The normalized spacial score (nSPS) is 22.9. The van der Waals surface area contributed by atoms with E-state index in [0.717, 1.165) is 16.7 Å². The Bertz CT molecular complexity index is 1820. The van der Waals surface area contributed by atoms with Gasteiger partial charge in [0.25, 0.3) is 0 Å². The molecule has 1 spiro atoms. The van der Waals surface area contributed by atoms with Crippen LogP contribution in [0.5, 0.6) is 5.75 Å². The molecule has 3 aliphatic rings. The average molecular weight is 567 g/mol. The molecule has 4 aromatic carbocycles. The van der Waals surface area contributed by atoms with E-state index in [1.54, 1.807) is 42.5 Å². The lowest BCUT2D eigenvalue weighted by Gasteiger charge is -2.38. The van der Waals surface area contributed by atoms with Crippen LogP contribution in [-0.4, -0.2) is 35.0 Å². The molecule has 0 aliphatic carbocycles. The van der Waals surface area contributed by atoms with Gasteiger partial charge in [0.15, 0.2) is 11.6 Å². The van der Waals surface area contributed by atoms with E-state index < -0.39 is 23.4 Å². The molecule has 0 aromatic heterocycles. The van der Waals surface area contributed by atoms with E-state index >= 15 is 4.79 Å². The van der Waals surface area contributed by atoms with Crippen LogP contribution in [0.25, 0.3) is 6.08 Å². The lowest BCUT2D eigenvalue weighted by Crippen LogP contribution is -2.49. The molecule has 7 rings (SSSR count). The first kappa shape index (κ1) is 26.7. The molecule has 1 saturated heterocycles. The van der Waals surface area contributed by atoms with Crippen LogP contribution >= 0.6 is 0 Å². The van der Waals surface area contributed by atoms with Gasteiger partial charge in [-0.1, -0.05) is 97.1 Å². The molecule has 0 unspecified atom stereocenters. The fourth-order valence-electron chi connectivity index (χ4n) is 7.17. The summed E-state index contributed by atoms with van der Waals surface area (Å²) in [6, 6.07) is 28.2. The number of benzene rings is 4. The monoisotopic (exact) mass is 566 g/mol. The van der Waals surface area contributed by atoms with Crippen molar-refractivity contribution in [2.75, 3.05) is 11.9 Å². The van der Waals surface area contributed by atoms with Crippen LogP contribution in [0.1, 0.15) is 49.0 Å². The second kappa shape index (κ2) is 10.2. The number of carbonyl (C=O) groups excluding carboxylic acids is 3. The van der Waals surface area contributed by atoms with Gasteiger partial charge in [-0.2, -0.15) is 0 Å². The number of nitrogens with one attached hydrogen (secondary N) is 1. The van der Waals surface area contributed by atoms with E-state index in [1.807, 2.05) is 84.8 Å². The largest absolute Gasteiger partial charge is 0.489 e. The average Bonchev–Trinajstić information content (AvgIpc) is 3.52. The summed E-state index contributed by atoms with van der Waals surface area (Å²) in [5.41, 5.74) is 3.64. The predicted molar refractivity (Wildman–Crippen MR) is 166 cm³/mol. The zero-order valence-electron chi connectivity index (χ0n) is 23.7. The first-order valence-electron chi connectivity index (χ1n) is 14.4. The van der Waals surface area contributed by atoms with E-state index in [9.17, 15) is 9.59 Å². The molecule has 43 heavy (non-hydrogen) atoms. The smallest absolute Gasteiger partial charge is 0.238 e. The summed E-state index contributed by atoms with van der Waals surface area (Å²) in [7, 11) is 0. The predicted octanol–water partition coefficient (Wildman–Crippen LogP) is 6.54. The Balaban J connectivity index is 1.52. The number of hydrogen-bond acceptors (Lipinski definition) is 5. The number of amides is 1. The molecule has 6 nitrogen and oxygen atoms in total. The number of ketones is 2. The summed E-state index contributed by atoms with van der Waals surface area (Å²) >= 11 is 0. The molecule has 0 bridgehead atoms. The molecule has 4 aromatic rings. The minimum atomic E-state index is -1.40. The van der Waals surface area contributed by atoms with E-state index in [4.69, 9.17) is 4.74 Å². The molecule has 3 heterocycles. The number of carbonyl (C=O) groups is 3. The van der Waals surface area contributed by atoms with Crippen LogP contribution in [0.3, 0.4) is 0 Å². The Labute approximate surface area is 250 Å². The van der Waals surface area contributed by atoms with Crippen LogP contribution in [0, 0.1) is 12.8 Å². The highest BCUT2D eigenvalue weighted by molar-refractivity contribution is 6.17. The highest BCUT2D eigenvalue weighted by Crippen LogP contribution is 2.62. The lowest BCUT2D eigenvalue weighted by molar-refractivity contribution is -0.122. The first-order chi connectivity index (χ1) is 21.0. The topological polar surface area (TPSA) is 75.7 Å². The number of anilines is 1. The first-order valence-corrected chi connectivity index (χ1v) is 14.4. The molecule has 3 aliphatic heterocycles.